The second-order valence-electron chi connectivity index (χ2n) is 16.1. The molecular formula is C41H72N6O4S. The third-order valence-electron chi connectivity index (χ3n) is 11.6. The topological polar surface area (TPSA) is 158 Å². The van der Waals surface area contributed by atoms with Gasteiger partial charge in [0.15, 0.2) is 11.7 Å². The van der Waals surface area contributed by atoms with Crippen LogP contribution in [0.15, 0.2) is 28.1 Å². The van der Waals surface area contributed by atoms with E-state index >= 15 is 0 Å². The zero-order valence-corrected chi connectivity index (χ0v) is 33.7. The van der Waals surface area contributed by atoms with Crippen LogP contribution in [-0.2, 0) is 14.4 Å². The molecule has 7 unspecified atom stereocenters. The minimum absolute atomic E-state index is 0.0442. The van der Waals surface area contributed by atoms with Crippen molar-refractivity contribution in [3.63, 3.8) is 0 Å². The van der Waals surface area contributed by atoms with Crippen LogP contribution in [-0.4, -0.2) is 80.3 Å². The number of hydrogen-bond acceptors (Lipinski definition) is 7. The van der Waals surface area contributed by atoms with Crippen molar-refractivity contribution in [2.75, 3.05) is 39.5 Å². The van der Waals surface area contributed by atoms with Gasteiger partial charge in [-0.05, 0) is 81.1 Å². The third kappa shape index (κ3) is 15.9. The summed E-state index contributed by atoms with van der Waals surface area (Å²) in [6.07, 6.45) is 25.4. The molecule has 0 heterocycles. The summed E-state index contributed by atoms with van der Waals surface area (Å²) < 4.78 is 0. The molecule has 7 atom stereocenters. The molecule has 11 heteroatoms. The largest absolute Gasteiger partial charge is 0.387 e. The molecule has 1 fully saturated rings. The number of nitrogens with zero attached hydrogens (tertiary/aromatic N) is 1. The average molecular weight is 745 g/mol. The summed E-state index contributed by atoms with van der Waals surface area (Å²) in [5.41, 5.74) is 6.47. The minimum atomic E-state index is -0.831. The first kappa shape index (κ1) is 44.0. The van der Waals surface area contributed by atoms with Crippen LogP contribution in [0.5, 0.6) is 0 Å². The minimum Gasteiger partial charge on any atom is -0.387 e. The van der Waals surface area contributed by atoms with E-state index < -0.39 is 18.1 Å². The molecule has 0 spiro atoms. The third-order valence-corrected chi connectivity index (χ3v) is 12.7. The van der Waals surface area contributed by atoms with E-state index in [9.17, 15) is 19.5 Å². The van der Waals surface area contributed by atoms with Gasteiger partial charge in [0, 0.05) is 44.4 Å². The second-order valence-corrected chi connectivity index (χ2v) is 17.2. The molecule has 0 aliphatic heterocycles. The molecule has 0 aromatic rings. The number of allylic oxidation sites excluding steroid dienone is 2. The molecule has 0 aromatic carbocycles. The van der Waals surface area contributed by atoms with Gasteiger partial charge in [0.1, 0.15) is 0 Å². The number of nitrogens with two attached hydrogens (primary N) is 1. The lowest BCUT2D eigenvalue weighted by molar-refractivity contribution is -0.124. The number of hydrogen-bond donors (Lipinski definition) is 6. The molecule has 0 saturated heterocycles. The summed E-state index contributed by atoms with van der Waals surface area (Å²) in [4.78, 5) is 42.9. The summed E-state index contributed by atoms with van der Waals surface area (Å²) in [5, 5.41) is 23.1. The Labute approximate surface area is 319 Å². The summed E-state index contributed by atoms with van der Waals surface area (Å²) >= 11 is 1.41. The molecule has 3 rings (SSSR count). The highest BCUT2D eigenvalue weighted by Gasteiger charge is 2.37. The Morgan fingerprint density at radius 3 is 2.44 bits per heavy atom. The molecule has 296 valence electrons. The Morgan fingerprint density at radius 2 is 1.71 bits per heavy atom. The van der Waals surface area contributed by atoms with Gasteiger partial charge in [-0.25, -0.2) is 0 Å². The van der Waals surface area contributed by atoms with Gasteiger partial charge in [-0.1, -0.05) is 83.8 Å². The molecule has 2 amide bonds. The van der Waals surface area contributed by atoms with Crippen LogP contribution in [0.2, 0.25) is 0 Å². The number of thioether (sulfide) groups is 1. The van der Waals surface area contributed by atoms with Gasteiger partial charge in [0.05, 0.1) is 24.0 Å². The van der Waals surface area contributed by atoms with Crippen molar-refractivity contribution in [3.05, 3.63) is 23.1 Å². The normalized spacial score (nSPS) is 28.3. The fourth-order valence-electron chi connectivity index (χ4n) is 7.98. The van der Waals surface area contributed by atoms with Crippen molar-refractivity contribution < 1.29 is 19.5 Å². The first-order chi connectivity index (χ1) is 25.0. The van der Waals surface area contributed by atoms with Crippen LogP contribution in [0, 0.1) is 29.1 Å². The van der Waals surface area contributed by atoms with E-state index in [1.165, 1.54) is 82.4 Å². The van der Waals surface area contributed by atoms with E-state index in [2.05, 4.69) is 46.2 Å². The number of aliphatic imine (C=N–C) groups is 1. The van der Waals surface area contributed by atoms with Crippen molar-refractivity contribution in [1.82, 2.24) is 21.3 Å². The fraction of sp³-hybridized carbons (Fsp3) is 0.805. The van der Waals surface area contributed by atoms with Crippen molar-refractivity contribution in [2.24, 2.45) is 39.8 Å². The van der Waals surface area contributed by atoms with E-state index in [1.54, 1.807) is 20.2 Å². The number of aliphatic hydroxyl groups is 1. The van der Waals surface area contributed by atoms with Gasteiger partial charge in [0.2, 0.25) is 11.8 Å². The predicted octanol–water partition coefficient (Wildman–Crippen LogP) is 6.00. The Bertz CT molecular complexity index is 1190. The zero-order valence-electron chi connectivity index (χ0n) is 32.9. The van der Waals surface area contributed by atoms with Crippen molar-refractivity contribution in [3.8, 4) is 0 Å². The monoisotopic (exact) mass is 745 g/mol. The highest BCUT2D eigenvalue weighted by molar-refractivity contribution is 8.03. The SMILES string of the molecule is CN=C(NC)NCCCC(N)C(=O)NCCSC1=CC(=O)C(CC2C=CC(C(=O)NCCCCC3(C)CCCCCCCCC(C)CC3)CC2)C1O. The Hall–Kier alpha value is -2.37. The molecule has 0 aromatic heterocycles. The van der Waals surface area contributed by atoms with E-state index in [4.69, 9.17) is 5.73 Å². The van der Waals surface area contributed by atoms with Gasteiger partial charge in [-0.15, -0.1) is 11.8 Å². The Morgan fingerprint density at radius 1 is 0.962 bits per heavy atom. The number of guanidine groups is 1. The molecule has 3 aliphatic carbocycles. The van der Waals surface area contributed by atoms with Gasteiger partial charge in [-0.3, -0.25) is 19.4 Å². The lowest BCUT2D eigenvalue weighted by atomic mass is 9.74. The van der Waals surface area contributed by atoms with Crippen LogP contribution in [0.1, 0.15) is 129 Å². The Kier molecular flexibility index (Phi) is 20.4. The van der Waals surface area contributed by atoms with Crippen molar-refractivity contribution >= 4 is 35.3 Å². The van der Waals surface area contributed by atoms with Crippen molar-refractivity contribution in [1.29, 1.82) is 0 Å². The molecule has 7 N–H and O–H groups in total. The lowest BCUT2D eigenvalue weighted by Gasteiger charge is -2.32. The molecule has 0 radical (unpaired) electrons. The van der Waals surface area contributed by atoms with Crippen LogP contribution in [0.3, 0.4) is 0 Å². The van der Waals surface area contributed by atoms with Gasteiger partial charge < -0.3 is 32.1 Å². The maximum absolute atomic E-state index is 13.0. The first-order valence-corrected chi connectivity index (χ1v) is 21.5. The van der Waals surface area contributed by atoms with Gasteiger partial charge in [-0.2, -0.15) is 0 Å². The van der Waals surface area contributed by atoms with Crippen molar-refractivity contribution in [2.45, 2.75) is 142 Å². The average Bonchev–Trinajstić information content (AvgIpc) is 3.40. The number of rotatable bonds is 17. The number of aliphatic hydroxyl groups excluding tert-OH is 1. The lowest BCUT2D eigenvalue weighted by Crippen LogP contribution is -2.42. The highest BCUT2D eigenvalue weighted by atomic mass is 32.2. The molecule has 10 nitrogen and oxygen atoms in total. The molecule has 52 heavy (non-hydrogen) atoms. The van der Waals surface area contributed by atoms with Crippen LogP contribution >= 0.6 is 11.8 Å². The molecule has 3 aliphatic rings. The number of amides is 2. The number of nitrogens with one attached hydrogen (secondary N) is 4. The van der Waals surface area contributed by atoms with E-state index in [-0.39, 0.29) is 29.4 Å². The summed E-state index contributed by atoms with van der Waals surface area (Å²) in [6.45, 7) is 6.74. The smallest absolute Gasteiger partial charge is 0.236 e. The van der Waals surface area contributed by atoms with E-state index in [0.717, 1.165) is 44.6 Å². The van der Waals surface area contributed by atoms with Crippen LogP contribution < -0.4 is 27.0 Å². The zero-order chi connectivity index (χ0) is 37.8. The van der Waals surface area contributed by atoms with Crippen LogP contribution in [0.4, 0.5) is 0 Å². The number of carbonyl (C=O) groups is 3. The standard InChI is InChI=1S/C41H72N6O4S/c1-30-14-9-7-5-6-8-10-21-41(2,23-20-30)22-11-12-24-45-38(50)32-18-16-31(17-19-32)28-33-35(48)29-36(37(33)49)52-27-26-46-39(51)34(42)15-13-25-47-40(43-3)44-4/h16,18,29-34,37,49H,5-15,17,19-28,42H2,1-4H3,(H,45,50)(H,46,51)(H2,43,44,47). The second kappa shape index (κ2) is 24.1. The summed E-state index contributed by atoms with van der Waals surface area (Å²) in [7, 11) is 3.49. The number of carbonyl (C=O) groups excluding carboxylic acids is 3. The molecule has 1 saturated carbocycles. The summed E-state index contributed by atoms with van der Waals surface area (Å²) in [6, 6.07) is -0.595. The van der Waals surface area contributed by atoms with Gasteiger partial charge in [0.25, 0.3) is 0 Å². The molecule has 0 bridgehead atoms. The number of unbranched alkanes of at least 4 members (excludes halogenated alkanes) is 1. The molecular weight excluding hydrogens is 673 g/mol. The number of ketones is 1. The quantitative estimate of drug-likeness (QED) is 0.0459. The fourth-order valence-corrected chi connectivity index (χ4v) is 8.95. The van der Waals surface area contributed by atoms with Crippen LogP contribution in [0.25, 0.3) is 0 Å². The highest BCUT2D eigenvalue weighted by Crippen LogP contribution is 2.39. The van der Waals surface area contributed by atoms with E-state index in [0.29, 0.717) is 48.0 Å². The van der Waals surface area contributed by atoms with Gasteiger partial charge >= 0.3 is 0 Å². The summed E-state index contributed by atoms with van der Waals surface area (Å²) in [5.74, 6) is 1.49. The maximum Gasteiger partial charge on any atom is 0.236 e. The first-order valence-electron chi connectivity index (χ1n) is 20.5. The Balaban J connectivity index is 1.29. The van der Waals surface area contributed by atoms with E-state index in [1.807, 2.05) is 6.08 Å². The predicted molar refractivity (Wildman–Crippen MR) is 216 cm³/mol. The maximum atomic E-state index is 13.0.